The van der Waals surface area contributed by atoms with Gasteiger partial charge in [-0.15, -0.1) is 0 Å². The van der Waals surface area contributed by atoms with Gasteiger partial charge in [0.2, 0.25) is 11.8 Å². The molecule has 1 saturated carbocycles. The van der Waals surface area contributed by atoms with E-state index in [1.807, 2.05) is 44.2 Å². The summed E-state index contributed by atoms with van der Waals surface area (Å²) >= 11 is 6.17. The Morgan fingerprint density at radius 3 is 2.79 bits per heavy atom. The number of carbonyl (C=O) groups excluding carboxylic acids is 2. The van der Waals surface area contributed by atoms with Crippen molar-refractivity contribution in [1.82, 2.24) is 5.32 Å². The summed E-state index contributed by atoms with van der Waals surface area (Å²) in [4.78, 5) is 32.4. The molecule has 1 aliphatic heterocycles. The second kappa shape index (κ2) is 7.99. The smallest absolute Gasteiger partial charge is 0.240 e. The van der Waals surface area contributed by atoms with E-state index < -0.39 is 0 Å². The SMILES string of the molecule is Cc1cc2c(cc1C)N(CC(=O)NCc1ccccc1Cl)C(=O)[C@H]1CCCC1=N2. The Morgan fingerprint density at radius 1 is 1.24 bits per heavy atom. The number of hydrogen-bond donors (Lipinski definition) is 1. The molecule has 150 valence electrons. The fourth-order valence-corrected chi connectivity index (χ4v) is 4.18. The minimum atomic E-state index is -0.223. The van der Waals surface area contributed by atoms with E-state index in [1.54, 1.807) is 11.0 Å². The van der Waals surface area contributed by atoms with Gasteiger partial charge in [0.25, 0.3) is 0 Å². The molecule has 5 nitrogen and oxygen atoms in total. The second-order valence-electron chi connectivity index (χ2n) is 7.77. The molecular formula is C23H24ClN3O2. The highest BCUT2D eigenvalue weighted by Gasteiger charge is 2.37. The van der Waals surface area contributed by atoms with Gasteiger partial charge >= 0.3 is 0 Å². The van der Waals surface area contributed by atoms with Crippen molar-refractivity contribution in [2.75, 3.05) is 11.4 Å². The number of amides is 2. The molecule has 0 radical (unpaired) electrons. The minimum absolute atomic E-state index is 0.0297. The predicted molar refractivity (Wildman–Crippen MR) is 116 cm³/mol. The number of rotatable bonds is 4. The van der Waals surface area contributed by atoms with E-state index in [-0.39, 0.29) is 24.3 Å². The summed E-state index contributed by atoms with van der Waals surface area (Å²) in [6, 6.07) is 11.4. The van der Waals surface area contributed by atoms with Crippen molar-refractivity contribution in [2.45, 2.75) is 39.7 Å². The van der Waals surface area contributed by atoms with Crippen molar-refractivity contribution < 1.29 is 9.59 Å². The molecular weight excluding hydrogens is 386 g/mol. The van der Waals surface area contributed by atoms with Gasteiger partial charge in [-0.25, -0.2) is 0 Å². The van der Waals surface area contributed by atoms with Crippen LogP contribution in [-0.4, -0.2) is 24.1 Å². The molecule has 1 aliphatic carbocycles. The number of fused-ring (bicyclic) bond motifs is 2. The van der Waals surface area contributed by atoms with Crippen molar-refractivity contribution in [2.24, 2.45) is 10.9 Å². The molecule has 1 fully saturated rings. The van der Waals surface area contributed by atoms with Crippen molar-refractivity contribution in [3.63, 3.8) is 0 Å². The molecule has 4 rings (SSSR count). The first-order chi connectivity index (χ1) is 13.9. The Bertz CT molecular complexity index is 1020. The monoisotopic (exact) mass is 409 g/mol. The van der Waals surface area contributed by atoms with Crippen molar-refractivity contribution in [3.8, 4) is 0 Å². The Kier molecular flexibility index (Phi) is 5.41. The van der Waals surface area contributed by atoms with Crippen LogP contribution in [0.3, 0.4) is 0 Å². The van der Waals surface area contributed by atoms with E-state index in [1.165, 1.54) is 0 Å². The highest BCUT2D eigenvalue weighted by molar-refractivity contribution is 6.31. The largest absolute Gasteiger partial charge is 0.350 e. The average Bonchev–Trinajstić information content (AvgIpc) is 3.12. The van der Waals surface area contributed by atoms with Gasteiger partial charge in [0.1, 0.15) is 6.54 Å². The number of hydrogen-bond acceptors (Lipinski definition) is 3. The lowest BCUT2D eigenvalue weighted by atomic mass is 10.0. The number of halogens is 1. The molecule has 2 amide bonds. The summed E-state index contributed by atoms with van der Waals surface area (Å²) < 4.78 is 0. The molecule has 0 aromatic heterocycles. The van der Waals surface area contributed by atoms with Crippen LogP contribution in [0.1, 0.15) is 36.0 Å². The number of aliphatic imine (C=N–C) groups is 1. The number of anilines is 1. The van der Waals surface area contributed by atoms with E-state index in [9.17, 15) is 9.59 Å². The zero-order valence-electron chi connectivity index (χ0n) is 16.7. The number of nitrogens with zero attached hydrogens (tertiary/aromatic N) is 2. The first kappa shape index (κ1) is 19.6. The minimum Gasteiger partial charge on any atom is -0.350 e. The third-order valence-electron chi connectivity index (χ3n) is 5.77. The van der Waals surface area contributed by atoms with Crippen LogP contribution in [0.4, 0.5) is 11.4 Å². The van der Waals surface area contributed by atoms with Crippen molar-refractivity contribution in [3.05, 3.63) is 58.1 Å². The molecule has 2 aromatic carbocycles. The molecule has 2 aliphatic rings. The molecule has 0 spiro atoms. The van der Waals surface area contributed by atoms with Gasteiger partial charge in [0.15, 0.2) is 0 Å². The van der Waals surface area contributed by atoms with Crippen LogP contribution in [-0.2, 0) is 16.1 Å². The Labute approximate surface area is 175 Å². The van der Waals surface area contributed by atoms with Crippen LogP contribution < -0.4 is 10.2 Å². The summed E-state index contributed by atoms with van der Waals surface area (Å²) in [6.45, 7) is 4.34. The van der Waals surface area contributed by atoms with Crippen LogP contribution >= 0.6 is 11.6 Å². The molecule has 0 bridgehead atoms. The molecule has 0 unspecified atom stereocenters. The van der Waals surface area contributed by atoms with E-state index in [0.29, 0.717) is 17.3 Å². The second-order valence-corrected chi connectivity index (χ2v) is 8.17. The van der Waals surface area contributed by atoms with Gasteiger partial charge in [-0.3, -0.25) is 14.6 Å². The first-order valence-electron chi connectivity index (χ1n) is 9.94. The Morgan fingerprint density at radius 2 is 2.00 bits per heavy atom. The summed E-state index contributed by atoms with van der Waals surface area (Å²) in [5.74, 6) is -0.473. The normalized spacial score (nSPS) is 18.0. The summed E-state index contributed by atoms with van der Waals surface area (Å²) in [6.07, 6.45) is 2.60. The maximum atomic E-state index is 13.3. The van der Waals surface area contributed by atoms with Crippen LogP contribution in [0.25, 0.3) is 0 Å². The van der Waals surface area contributed by atoms with Crippen LogP contribution in [0.5, 0.6) is 0 Å². The third kappa shape index (κ3) is 3.92. The Balaban J connectivity index is 1.59. The molecule has 6 heteroatoms. The van der Waals surface area contributed by atoms with E-state index in [0.717, 1.165) is 47.4 Å². The summed E-state index contributed by atoms with van der Waals surface area (Å²) in [5, 5.41) is 3.50. The lowest BCUT2D eigenvalue weighted by Gasteiger charge is -2.25. The van der Waals surface area contributed by atoms with Crippen molar-refractivity contribution >= 4 is 40.5 Å². The maximum absolute atomic E-state index is 13.3. The third-order valence-corrected chi connectivity index (χ3v) is 6.14. The van der Waals surface area contributed by atoms with Gasteiger partial charge in [-0.05, 0) is 68.0 Å². The van der Waals surface area contributed by atoms with Crippen LogP contribution in [0.2, 0.25) is 5.02 Å². The molecule has 0 saturated heterocycles. The van der Waals surface area contributed by atoms with Gasteiger partial charge < -0.3 is 10.2 Å². The maximum Gasteiger partial charge on any atom is 0.240 e. The zero-order chi connectivity index (χ0) is 20.5. The number of aryl methyl sites for hydroxylation is 2. The van der Waals surface area contributed by atoms with E-state index >= 15 is 0 Å². The Hall–Kier alpha value is -2.66. The summed E-state index contributed by atoms with van der Waals surface area (Å²) in [7, 11) is 0. The standard InChI is InChI=1S/C23H24ClN3O2/c1-14-10-20-21(11-15(14)2)27(23(29)17-7-5-9-19(17)26-20)13-22(28)25-12-16-6-3-4-8-18(16)24/h3-4,6,8,10-11,17H,5,7,9,12-13H2,1-2H3,(H,25,28)/t17-/m0/s1. The van der Waals surface area contributed by atoms with Gasteiger partial charge in [-0.1, -0.05) is 29.8 Å². The van der Waals surface area contributed by atoms with Crippen LogP contribution in [0, 0.1) is 19.8 Å². The zero-order valence-corrected chi connectivity index (χ0v) is 17.4. The van der Waals surface area contributed by atoms with Gasteiger partial charge in [-0.2, -0.15) is 0 Å². The topological polar surface area (TPSA) is 61.8 Å². The lowest BCUT2D eigenvalue weighted by molar-refractivity contribution is -0.124. The van der Waals surface area contributed by atoms with Gasteiger partial charge in [0.05, 0.1) is 17.3 Å². The highest BCUT2D eigenvalue weighted by Crippen LogP contribution is 2.39. The molecule has 1 atom stereocenters. The average molecular weight is 410 g/mol. The van der Waals surface area contributed by atoms with Crippen molar-refractivity contribution in [1.29, 1.82) is 0 Å². The number of benzene rings is 2. The molecule has 2 aromatic rings. The fourth-order valence-electron chi connectivity index (χ4n) is 3.98. The number of nitrogens with one attached hydrogen (secondary N) is 1. The molecule has 1 heterocycles. The molecule has 1 N–H and O–H groups in total. The fraction of sp³-hybridized carbons (Fsp3) is 0.348. The van der Waals surface area contributed by atoms with Crippen LogP contribution in [0.15, 0.2) is 41.4 Å². The first-order valence-corrected chi connectivity index (χ1v) is 10.3. The highest BCUT2D eigenvalue weighted by atomic mass is 35.5. The van der Waals surface area contributed by atoms with E-state index in [4.69, 9.17) is 16.6 Å². The predicted octanol–water partition coefficient (Wildman–Crippen LogP) is 4.49. The summed E-state index contributed by atoms with van der Waals surface area (Å²) in [5.41, 5.74) is 5.48. The quantitative estimate of drug-likeness (QED) is 0.808. The lowest BCUT2D eigenvalue weighted by Crippen LogP contribution is -2.43. The number of carbonyl (C=O) groups is 2. The van der Waals surface area contributed by atoms with E-state index in [2.05, 4.69) is 5.32 Å². The molecule has 29 heavy (non-hydrogen) atoms. The van der Waals surface area contributed by atoms with Gasteiger partial charge in [0, 0.05) is 17.3 Å².